The number of hydrogen-bond donors (Lipinski definition) is 1. The van der Waals surface area contributed by atoms with Gasteiger partial charge in [-0.05, 0) is 77.2 Å². The number of nitrogens with zero attached hydrogens (tertiary/aromatic N) is 1. The van der Waals surface area contributed by atoms with Crippen LogP contribution in [0.2, 0.25) is 0 Å². The van der Waals surface area contributed by atoms with E-state index in [1.165, 1.54) is 41.7 Å². The highest BCUT2D eigenvalue weighted by Gasteiger charge is 2.12. The first kappa shape index (κ1) is 25.5. The van der Waals surface area contributed by atoms with Gasteiger partial charge in [0.1, 0.15) is 6.61 Å². The van der Waals surface area contributed by atoms with Gasteiger partial charge in [0.05, 0.1) is 0 Å². The summed E-state index contributed by atoms with van der Waals surface area (Å²) in [5.74, 6) is 1.14. The van der Waals surface area contributed by atoms with Crippen LogP contribution in [-0.4, -0.2) is 35.2 Å². The Kier molecular flexibility index (Phi) is 12.9. The predicted molar refractivity (Wildman–Crippen MR) is 130 cm³/mol. The number of halogens is 1. The molecule has 1 N–H and O–H groups in total. The van der Waals surface area contributed by atoms with Gasteiger partial charge in [0.2, 0.25) is 0 Å². The van der Waals surface area contributed by atoms with E-state index in [0.29, 0.717) is 6.61 Å². The quantitative estimate of drug-likeness (QED) is 0.161. The molecule has 0 spiro atoms. The van der Waals surface area contributed by atoms with Gasteiger partial charge in [-0.3, -0.25) is 4.90 Å². The third-order valence-corrected chi connectivity index (χ3v) is 7.36. The van der Waals surface area contributed by atoms with E-state index in [-0.39, 0.29) is 0 Å². The summed E-state index contributed by atoms with van der Waals surface area (Å²) in [6.07, 6.45) is 5.66. The monoisotopic (exact) mass is 512 g/mol. The molecule has 2 aromatic rings. The van der Waals surface area contributed by atoms with Gasteiger partial charge >= 0.3 is 8.25 Å². The maximum absolute atomic E-state index is 10.6. The van der Waals surface area contributed by atoms with Crippen molar-refractivity contribution in [1.29, 1.82) is 0 Å². The summed E-state index contributed by atoms with van der Waals surface area (Å²) in [6, 6.07) is 17.3. The molecule has 1 unspecified atom stereocenters. The van der Waals surface area contributed by atoms with Gasteiger partial charge in [0, 0.05) is 27.0 Å². The molecule has 0 bridgehead atoms. The third kappa shape index (κ3) is 10.5. The van der Waals surface area contributed by atoms with E-state index in [1.807, 2.05) is 11.8 Å². The molecule has 0 fully saturated rings. The maximum atomic E-state index is 10.6. The average Bonchev–Trinajstić information content (AvgIpc) is 2.74. The second-order valence-corrected chi connectivity index (χ2v) is 9.93. The van der Waals surface area contributed by atoms with Crippen LogP contribution in [0.1, 0.15) is 43.7 Å². The fourth-order valence-electron chi connectivity index (χ4n) is 3.23. The molecule has 0 saturated heterocycles. The van der Waals surface area contributed by atoms with Gasteiger partial charge in [0.15, 0.2) is 0 Å². The first-order chi connectivity index (χ1) is 14.6. The molecule has 30 heavy (non-hydrogen) atoms. The van der Waals surface area contributed by atoms with Crippen LogP contribution >= 0.6 is 35.9 Å². The summed E-state index contributed by atoms with van der Waals surface area (Å²) in [5, 5.41) is 0. The van der Waals surface area contributed by atoms with Gasteiger partial charge in [-0.15, -0.1) is 21.2 Å². The predicted octanol–water partition coefficient (Wildman–Crippen LogP) is 6.83. The summed E-state index contributed by atoms with van der Waals surface area (Å²) in [6.45, 7) is 5.08. The first-order valence-electron chi connectivity index (χ1n) is 10.5. The van der Waals surface area contributed by atoms with Crippen LogP contribution in [0.3, 0.4) is 0 Å². The minimum absolute atomic E-state index is 0.312. The third-order valence-electron chi connectivity index (χ3n) is 4.88. The summed E-state index contributed by atoms with van der Waals surface area (Å²) in [5.41, 5.74) is 2.70. The molecule has 1 atom stereocenters. The molecule has 0 aliphatic heterocycles. The molecular weight excluding hydrogens is 481 g/mol. The van der Waals surface area contributed by atoms with Crippen molar-refractivity contribution < 1.29 is 14.0 Å². The van der Waals surface area contributed by atoms with E-state index in [0.717, 1.165) is 36.3 Å². The van der Waals surface area contributed by atoms with Gasteiger partial charge in [-0.25, -0.2) is 0 Å². The fourth-order valence-corrected chi connectivity index (χ4v) is 5.22. The van der Waals surface area contributed by atoms with E-state index in [9.17, 15) is 4.57 Å². The van der Waals surface area contributed by atoms with Crippen LogP contribution in [0.25, 0.3) is 0 Å². The second kappa shape index (κ2) is 15.1. The van der Waals surface area contributed by atoms with Crippen molar-refractivity contribution in [3.63, 3.8) is 0 Å². The van der Waals surface area contributed by atoms with Crippen LogP contribution < -0.4 is 0 Å². The fraction of sp³-hybridized carbons (Fsp3) is 0.478. The molecule has 2 aromatic carbocycles. The summed E-state index contributed by atoms with van der Waals surface area (Å²) < 4.78 is 16.5. The van der Waals surface area contributed by atoms with Crippen molar-refractivity contribution in [1.82, 2.24) is 4.90 Å². The molecule has 0 aliphatic carbocycles. The lowest BCUT2D eigenvalue weighted by atomic mass is 10.1. The lowest BCUT2D eigenvalue weighted by Crippen LogP contribution is -2.24. The van der Waals surface area contributed by atoms with Gasteiger partial charge < -0.3 is 0 Å². The van der Waals surface area contributed by atoms with E-state index in [4.69, 9.17) is 9.42 Å². The normalized spacial score (nSPS) is 11.8. The van der Waals surface area contributed by atoms with Crippen molar-refractivity contribution in [3.8, 4) is 0 Å². The first-order valence-corrected chi connectivity index (χ1v) is 13.5. The molecule has 7 heteroatoms. The van der Waals surface area contributed by atoms with Crippen LogP contribution in [0.4, 0.5) is 0 Å². The molecule has 4 nitrogen and oxygen atoms in total. The smallest absolute Gasteiger partial charge is 0.299 e. The second-order valence-electron chi connectivity index (χ2n) is 7.20. The lowest BCUT2D eigenvalue weighted by molar-refractivity contribution is 0.227. The van der Waals surface area contributed by atoms with Crippen molar-refractivity contribution in [2.75, 3.05) is 25.4 Å². The molecule has 2 rings (SSSR count). The Morgan fingerprint density at radius 2 is 1.87 bits per heavy atom. The Balaban J connectivity index is 1.67. The number of thioether (sulfide) groups is 1. The topological polar surface area (TPSA) is 49.8 Å². The zero-order valence-corrected chi connectivity index (χ0v) is 20.9. The Morgan fingerprint density at radius 1 is 1.07 bits per heavy atom. The molecule has 0 amide bonds. The highest BCUT2D eigenvalue weighted by molar-refractivity contribution is 9.10. The molecule has 0 aromatic heterocycles. The van der Waals surface area contributed by atoms with Crippen molar-refractivity contribution in [3.05, 3.63) is 64.1 Å². The number of rotatable bonds is 15. The van der Waals surface area contributed by atoms with Crippen molar-refractivity contribution >= 4 is 35.9 Å². The number of benzene rings is 2. The van der Waals surface area contributed by atoms with Crippen molar-refractivity contribution in [2.24, 2.45) is 0 Å². The molecule has 0 heterocycles. The van der Waals surface area contributed by atoms with Crippen LogP contribution in [0.5, 0.6) is 0 Å². The van der Waals surface area contributed by atoms with Gasteiger partial charge in [-0.2, -0.15) is 0 Å². The highest BCUT2D eigenvalue weighted by atomic mass is 79.9. The summed E-state index contributed by atoms with van der Waals surface area (Å²) in [4.78, 5) is 12.3. The Hall–Kier alpha value is -0.750. The molecule has 164 valence electrons. The van der Waals surface area contributed by atoms with Gasteiger partial charge in [-0.1, -0.05) is 49.7 Å². The largest absolute Gasteiger partial charge is 0.694 e. The molecule has 0 aliphatic rings. The number of aryl methyl sites for hydroxylation is 1. The standard InChI is InChI=1S/C23H31BrNO3PS/c1-2-25(15-9-16-28-29(26)27)19-21-13-14-23(22(24)18-21)30-17-8-4-7-12-20-10-5-3-6-11-20/h3,5-6,10-11,13-14,18H,2,4,7-9,12,15-17,19H2,1H3/p+1. The Labute approximate surface area is 194 Å². The Morgan fingerprint density at radius 3 is 2.57 bits per heavy atom. The Bertz CT molecular complexity index is 763. The number of unbranched alkanes of at least 4 members (excludes halogenated alkanes) is 2. The minimum atomic E-state index is -2.49. The van der Waals surface area contributed by atoms with Crippen molar-refractivity contribution in [2.45, 2.75) is 50.5 Å². The van der Waals surface area contributed by atoms with Crippen LogP contribution in [-0.2, 0) is 22.1 Å². The SMILES string of the molecule is CCN(CCCO[P+](=O)O)Cc1ccc(SCCCCCc2ccccc2)c(Br)c1. The van der Waals surface area contributed by atoms with E-state index < -0.39 is 8.25 Å². The summed E-state index contributed by atoms with van der Waals surface area (Å²) >= 11 is 5.65. The van der Waals surface area contributed by atoms with E-state index in [2.05, 4.69) is 76.3 Å². The molecule has 0 radical (unpaired) electrons. The zero-order chi connectivity index (χ0) is 21.6. The van der Waals surface area contributed by atoms with Gasteiger partial charge in [0.25, 0.3) is 0 Å². The van der Waals surface area contributed by atoms with E-state index >= 15 is 0 Å². The zero-order valence-electron chi connectivity index (χ0n) is 17.6. The van der Waals surface area contributed by atoms with Crippen LogP contribution in [0, 0.1) is 0 Å². The number of hydrogen-bond acceptors (Lipinski definition) is 4. The lowest BCUT2D eigenvalue weighted by Gasteiger charge is -2.20. The minimum Gasteiger partial charge on any atom is -0.299 e. The summed E-state index contributed by atoms with van der Waals surface area (Å²) in [7, 11) is -2.49. The van der Waals surface area contributed by atoms with E-state index in [1.54, 1.807) is 0 Å². The van der Waals surface area contributed by atoms with Crippen LogP contribution in [0.15, 0.2) is 57.9 Å². The molecule has 0 saturated carbocycles. The highest BCUT2D eigenvalue weighted by Crippen LogP contribution is 2.29. The maximum Gasteiger partial charge on any atom is 0.694 e. The molecular formula is C23H32BrNO3PS+. The average molecular weight is 513 g/mol.